The lowest BCUT2D eigenvalue weighted by molar-refractivity contribution is -0.109. The van der Waals surface area contributed by atoms with Crippen LogP contribution in [-0.2, 0) is 4.79 Å². The van der Waals surface area contributed by atoms with Crippen LogP contribution in [0.4, 0.5) is 0 Å². The molecule has 4 heteroatoms. The quantitative estimate of drug-likeness (QED) is 0.490. The Morgan fingerprint density at radius 3 is 3.00 bits per heavy atom. The molecular formula is C9H12N2O2. The van der Waals surface area contributed by atoms with Gasteiger partial charge < -0.3 is 10.4 Å². The number of hydrogen-bond acceptors (Lipinski definition) is 4. The van der Waals surface area contributed by atoms with Crippen LogP contribution in [0.5, 0.6) is 0 Å². The van der Waals surface area contributed by atoms with Crippen molar-refractivity contribution in [2.45, 2.75) is 13.8 Å². The molecule has 0 radical (unpaired) electrons. The number of rotatable bonds is 2. The standard InChI is InChI=1S/C9H12N2O2/c1-6-3-8(11-5-10-6)9(13)4-7(2)12/h3-4,10,12H,5H2,1-2H3/b7-4-. The first-order chi connectivity index (χ1) is 6.09. The highest BCUT2D eigenvalue weighted by Gasteiger charge is 2.09. The smallest absolute Gasteiger partial charge is 0.207 e. The molecule has 0 spiro atoms. The number of carbonyl (C=O) groups excluding carboxylic acids is 1. The number of allylic oxidation sites excluding steroid dienone is 4. The van der Waals surface area contributed by atoms with Gasteiger partial charge in [-0.25, -0.2) is 0 Å². The van der Waals surface area contributed by atoms with Crippen molar-refractivity contribution in [2.75, 3.05) is 6.67 Å². The molecule has 0 aromatic heterocycles. The number of carbonyl (C=O) groups is 1. The van der Waals surface area contributed by atoms with Crippen molar-refractivity contribution in [3.63, 3.8) is 0 Å². The van der Waals surface area contributed by atoms with Crippen LogP contribution in [0.15, 0.2) is 28.6 Å². The van der Waals surface area contributed by atoms with Crippen LogP contribution in [0.3, 0.4) is 0 Å². The number of aliphatic hydroxyl groups excluding tert-OH is 1. The second-order valence-electron chi connectivity index (χ2n) is 2.86. The number of nitrogens with zero attached hydrogens (tertiary/aromatic N) is 1. The first kappa shape index (κ1) is 9.51. The SMILES string of the molecule is CC1=CC(C(=O)/C=C(/C)O)=NCN1. The maximum Gasteiger partial charge on any atom is 0.207 e. The third-order valence-corrected chi connectivity index (χ3v) is 1.55. The van der Waals surface area contributed by atoms with E-state index in [0.717, 1.165) is 11.8 Å². The summed E-state index contributed by atoms with van der Waals surface area (Å²) in [6, 6.07) is 0. The van der Waals surface area contributed by atoms with E-state index in [1.807, 2.05) is 6.92 Å². The van der Waals surface area contributed by atoms with E-state index in [1.165, 1.54) is 6.92 Å². The molecule has 0 bridgehead atoms. The van der Waals surface area contributed by atoms with Gasteiger partial charge in [0.2, 0.25) is 5.78 Å². The van der Waals surface area contributed by atoms with Crippen LogP contribution in [0.25, 0.3) is 0 Å². The third kappa shape index (κ3) is 2.74. The van der Waals surface area contributed by atoms with E-state index in [2.05, 4.69) is 10.3 Å². The summed E-state index contributed by atoms with van der Waals surface area (Å²) in [6.07, 6.45) is 2.82. The Labute approximate surface area is 76.7 Å². The number of ketones is 1. The zero-order valence-corrected chi connectivity index (χ0v) is 7.66. The monoisotopic (exact) mass is 180 g/mol. The molecule has 0 saturated heterocycles. The van der Waals surface area contributed by atoms with Crippen LogP contribution in [-0.4, -0.2) is 23.3 Å². The van der Waals surface area contributed by atoms with Crippen LogP contribution >= 0.6 is 0 Å². The maximum atomic E-state index is 11.3. The van der Waals surface area contributed by atoms with Crippen molar-refractivity contribution in [1.82, 2.24) is 5.32 Å². The molecule has 13 heavy (non-hydrogen) atoms. The molecule has 1 aliphatic heterocycles. The van der Waals surface area contributed by atoms with Gasteiger partial charge in [0.25, 0.3) is 0 Å². The summed E-state index contributed by atoms with van der Waals surface area (Å²) in [6.45, 7) is 3.73. The fourth-order valence-corrected chi connectivity index (χ4v) is 0.964. The van der Waals surface area contributed by atoms with E-state index in [-0.39, 0.29) is 11.5 Å². The number of aliphatic hydroxyl groups is 1. The highest BCUT2D eigenvalue weighted by Crippen LogP contribution is 1.99. The summed E-state index contributed by atoms with van der Waals surface area (Å²) in [5.41, 5.74) is 1.28. The molecule has 4 nitrogen and oxygen atoms in total. The van der Waals surface area contributed by atoms with Crippen LogP contribution in [0.1, 0.15) is 13.8 Å². The van der Waals surface area contributed by atoms with Crippen LogP contribution in [0.2, 0.25) is 0 Å². The van der Waals surface area contributed by atoms with Gasteiger partial charge in [-0.2, -0.15) is 0 Å². The van der Waals surface area contributed by atoms with Crippen molar-refractivity contribution in [1.29, 1.82) is 0 Å². The van der Waals surface area contributed by atoms with Gasteiger partial charge >= 0.3 is 0 Å². The zero-order valence-electron chi connectivity index (χ0n) is 7.66. The topological polar surface area (TPSA) is 61.7 Å². The molecular weight excluding hydrogens is 168 g/mol. The third-order valence-electron chi connectivity index (χ3n) is 1.55. The molecule has 0 unspecified atom stereocenters. The Hall–Kier alpha value is -1.58. The summed E-state index contributed by atoms with van der Waals surface area (Å²) in [4.78, 5) is 15.3. The molecule has 0 fully saturated rings. The van der Waals surface area contributed by atoms with E-state index in [1.54, 1.807) is 6.08 Å². The fourth-order valence-electron chi connectivity index (χ4n) is 0.964. The van der Waals surface area contributed by atoms with Gasteiger partial charge in [-0.1, -0.05) is 0 Å². The van der Waals surface area contributed by atoms with Crippen molar-refractivity contribution in [2.24, 2.45) is 4.99 Å². The predicted octanol–water partition coefficient (Wildman–Crippen LogP) is 0.923. The lowest BCUT2D eigenvalue weighted by Gasteiger charge is -2.09. The van der Waals surface area contributed by atoms with Gasteiger partial charge in [-0.05, 0) is 19.9 Å². The van der Waals surface area contributed by atoms with Gasteiger partial charge in [0.15, 0.2) is 0 Å². The average molecular weight is 180 g/mol. The molecule has 0 atom stereocenters. The van der Waals surface area contributed by atoms with E-state index in [4.69, 9.17) is 5.11 Å². The summed E-state index contributed by atoms with van der Waals surface area (Å²) in [5.74, 6) is -0.266. The van der Waals surface area contributed by atoms with E-state index in [0.29, 0.717) is 12.4 Å². The molecule has 2 N–H and O–H groups in total. The van der Waals surface area contributed by atoms with Crippen molar-refractivity contribution in [3.8, 4) is 0 Å². The maximum absolute atomic E-state index is 11.3. The van der Waals surface area contributed by atoms with Crippen molar-refractivity contribution in [3.05, 3.63) is 23.6 Å². The summed E-state index contributed by atoms with van der Waals surface area (Å²) in [5, 5.41) is 11.8. The molecule has 1 aliphatic rings. The van der Waals surface area contributed by atoms with Gasteiger partial charge in [-0.3, -0.25) is 9.79 Å². The Kier molecular flexibility index (Phi) is 2.84. The zero-order chi connectivity index (χ0) is 9.84. The normalized spacial score (nSPS) is 17.2. The Balaban J connectivity index is 2.79. The van der Waals surface area contributed by atoms with Crippen LogP contribution < -0.4 is 5.32 Å². The van der Waals surface area contributed by atoms with Crippen LogP contribution in [0, 0.1) is 0 Å². The first-order valence-corrected chi connectivity index (χ1v) is 3.98. The lowest BCUT2D eigenvalue weighted by Crippen LogP contribution is -2.22. The van der Waals surface area contributed by atoms with Gasteiger partial charge in [0.1, 0.15) is 12.4 Å². The molecule has 0 amide bonds. The molecule has 1 heterocycles. The Morgan fingerprint density at radius 1 is 1.77 bits per heavy atom. The van der Waals surface area contributed by atoms with Gasteiger partial charge in [0, 0.05) is 11.8 Å². The molecule has 0 aliphatic carbocycles. The largest absolute Gasteiger partial charge is 0.512 e. The Morgan fingerprint density at radius 2 is 2.46 bits per heavy atom. The van der Waals surface area contributed by atoms with E-state index in [9.17, 15) is 4.79 Å². The fraction of sp³-hybridized carbons (Fsp3) is 0.333. The molecule has 0 aromatic carbocycles. The molecule has 70 valence electrons. The minimum atomic E-state index is -0.263. The highest BCUT2D eigenvalue weighted by atomic mass is 16.3. The van der Waals surface area contributed by atoms with Gasteiger partial charge in [0.05, 0.1) is 5.76 Å². The number of nitrogens with one attached hydrogen (secondary N) is 1. The molecule has 0 aromatic rings. The first-order valence-electron chi connectivity index (χ1n) is 3.98. The summed E-state index contributed by atoms with van der Waals surface area (Å²) >= 11 is 0. The highest BCUT2D eigenvalue weighted by molar-refractivity contribution is 6.48. The summed E-state index contributed by atoms with van der Waals surface area (Å²) in [7, 11) is 0. The Bertz CT molecular complexity index is 310. The van der Waals surface area contributed by atoms with Gasteiger partial charge in [-0.15, -0.1) is 0 Å². The number of aliphatic imine (C=N–C) groups is 1. The van der Waals surface area contributed by atoms with Crippen molar-refractivity contribution < 1.29 is 9.90 Å². The number of hydrogen-bond donors (Lipinski definition) is 2. The second kappa shape index (κ2) is 3.89. The second-order valence-corrected chi connectivity index (χ2v) is 2.86. The lowest BCUT2D eigenvalue weighted by atomic mass is 10.2. The molecule has 1 rings (SSSR count). The van der Waals surface area contributed by atoms with E-state index < -0.39 is 0 Å². The van der Waals surface area contributed by atoms with Crippen molar-refractivity contribution >= 4 is 11.5 Å². The molecule has 0 saturated carbocycles. The predicted molar refractivity (Wildman–Crippen MR) is 50.6 cm³/mol. The minimum absolute atomic E-state index is 0.00251. The minimum Gasteiger partial charge on any atom is -0.512 e. The summed E-state index contributed by atoms with van der Waals surface area (Å²) < 4.78 is 0. The van der Waals surface area contributed by atoms with E-state index >= 15 is 0 Å². The average Bonchev–Trinajstić information content (AvgIpc) is 2.03.